The molecule has 4 rings (SSSR count). The Morgan fingerprint density at radius 2 is 2.06 bits per heavy atom. The first-order chi connectivity index (χ1) is 14.9. The number of ether oxygens (including phenoxy) is 1. The van der Waals surface area contributed by atoms with Crippen molar-refractivity contribution in [1.82, 2.24) is 15.3 Å². The van der Waals surface area contributed by atoms with Gasteiger partial charge >= 0.3 is 6.09 Å². The zero-order valence-electron chi connectivity index (χ0n) is 18.1. The number of nitrogens with one attached hydrogen (secondary N) is 1. The van der Waals surface area contributed by atoms with Gasteiger partial charge in [-0.25, -0.2) is 14.8 Å². The molecule has 2 N–H and O–H groups in total. The molecule has 1 atom stereocenters. The summed E-state index contributed by atoms with van der Waals surface area (Å²) in [6.45, 7) is 7.83. The number of hydrogen-bond donors (Lipinski definition) is 2. The van der Waals surface area contributed by atoms with E-state index in [2.05, 4.69) is 26.3 Å². The second-order valence-corrected chi connectivity index (χ2v) is 8.49. The van der Waals surface area contributed by atoms with Crippen LogP contribution in [0.3, 0.4) is 0 Å². The lowest BCUT2D eigenvalue weighted by atomic mass is 9.97. The number of aromatic hydroxyl groups is 1. The molecule has 1 amide bonds. The van der Waals surface area contributed by atoms with E-state index in [9.17, 15) is 9.90 Å². The van der Waals surface area contributed by atoms with Crippen molar-refractivity contribution < 1.29 is 14.6 Å². The largest absolute Gasteiger partial charge is 0.507 e. The summed E-state index contributed by atoms with van der Waals surface area (Å²) in [5.41, 5.74) is 3.54. The van der Waals surface area contributed by atoms with Crippen molar-refractivity contribution in [2.24, 2.45) is 5.92 Å². The number of alkyl carbamates (subject to hydrolysis) is 1. The molecule has 1 aliphatic rings. The van der Waals surface area contributed by atoms with Crippen LogP contribution in [0.15, 0.2) is 42.7 Å². The highest BCUT2D eigenvalue weighted by Gasteiger charge is 2.27. The first-order valence-electron chi connectivity index (χ1n) is 10.6. The average molecular weight is 421 g/mol. The van der Waals surface area contributed by atoms with Crippen LogP contribution in [-0.4, -0.2) is 46.9 Å². The van der Waals surface area contributed by atoms with Gasteiger partial charge in [0.1, 0.15) is 17.9 Å². The minimum atomic E-state index is -0.376. The quantitative estimate of drug-likeness (QED) is 0.641. The lowest BCUT2D eigenvalue weighted by Gasteiger charge is -2.21. The molecule has 2 heterocycles. The van der Waals surface area contributed by atoms with E-state index in [0.717, 1.165) is 46.4 Å². The lowest BCUT2D eigenvalue weighted by molar-refractivity contribution is 0.130. The van der Waals surface area contributed by atoms with E-state index in [4.69, 9.17) is 4.74 Å². The van der Waals surface area contributed by atoms with Crippen LogP contribution in [0.1, 0.15) is 25.8 Å². The van der Waals surface area contributed by atoms with E-state index in [1.807, 2.05) is 45.0 Å². The Labute approximate surface area is 182 Å². The Kier molecular flexibility index (Phi) is 5.93. The highest BCUT2D eigenvalue weighted by atomic mass is 16.5. The molecule has 0 spiro atoms. The lowest BCUT2D eigenvalue weighted by Crippen LogP contribution is -2.38. The highest BCUT2D eigenvalue weighted by molar-refractivity contribution is 6.03. The summed E-state index contributed by atoms with van der Waals surface area (Å²) in [6, 6.07) is 11.4. The molecule has 0 saturated carbocycles. The van der Waals surface area contributed by atoms with Crippen LogP contribution in [-0.2, 0) is 4.74 Å². The first kappa shape index (κ1) is 20.9. The number of benzene rings is 2. The van der Waals surface area contributed by atoms with Crippen molar-refractivity contribution in [3.63, 3.8) is 0 Å². The van der Waals surface area contributed by atoms with E-state index in [1.165, 1.54) is 0 Å². The minimum absolute atomic E-state index is 0.0105. The van der Waals surface area contributed by atoms with Crippen LogP contribution in [0.5, 0.6) is 5.75 Å². The van der Waals surface area contributed by atoms with Gasteiger partial charge in [-0.1, -0.05) is 38.1 Å². The van der Waals surface area contributed by atoms with Gasteiger partial charge in [-0.05, 0) is 42.5 Å². The summed E-state index contributed by atoms with van der Waals surface area (Å²) < 4.78 is 5.26. The van der Waals surface area contributed by atoms with Gasteiger partial charge in [0.15, 0.2) is 0 Å². The maximum Gasteiger partial charge on any atom is 0.407 e. The zero-order chi connectivity index (χ0) is 22.0. The van der Waals surface area contributed by atoms with Gasteiger partial charge in [0.25, 0.3) is 0 Å². The molecule has 0 unspecified atom stereocenters. The molecule has 1 fully saturated rings. The van der Waals surface area contributed by atoms with Crippen LogP contribution < -0.4 is 10.2 Å². The molecule has 3 aromatic rings. The van der Waals surface area contributed by atoms with Gasteiger partial charge < -0.3 is 20.1 Å². The average Bonchev–Trinajstić information content (AvgIpc) is 3.19. The summed E-state index contributed by atoms with van der Waals surface area (Å²) in [5.74, 6) is 1.33. The number of phenols is 1. The molecule has 1 aliphatic heterocycles. The highest BCUT2D eigenvalue weighted by Crippen LogP contribution is 2.39. The van der Waals surface area contributed by atoms with Crippen LogP contribution in [0.25, 0.3) is 22.0 Å². The SMILES string of the molecule is Cc1cc(-c2ccccc2O)c2c(N3CC[C@@H](NC(=O)OCC(C)C)C3)ncnc2c1. The predicted octanol–water partition coefficient (Wildman–Crippen LogP) is 4.27. The Balaban J connectivity index is 1.65. The number of amides is 1. The fourth-order valence-corrected chi connectivity index (χ4v) is 3.99. The number of rotatable bonds is 5. The van der Waals surface area contributed by atoms with Crippen LogP contribution in [0.2, 0.25) is 0 Å². The van der Waals surface area contributed by atoms with Crippen molar-refractivity contribution in [3.8, 4) is 16.9 Å². The first-order valence-corrected chi connectivity index (χ1v) is 10.6. The van der Waals surface area contributed by atoms with E-state index >= 15 is 0 Å². The van der Waals surface area contributed by atoms with E-state index < -0.39 is 0 Å². The molecular weight excluding hydrogens is 392 g/mol. The van der Waals surface area contributed by atoms with Crippen LogP contribution in [0.4, 0.5) is 10.6 Å². The second-order valence-electron chi connectivity index (χ2n) is 8.49. The summed E-state index contributed by atoms with van der Waals surface area (Å²) in [7, 11) is 0. The summed E-state index contributed by atoms with van der Waals surface area (Å²) in [6.07, 6.45) is 2.00. The third-order valence-corrected chi connectivity index (χ3v) is 5.41. The Bertz CT molecular complexity index is 1100. The number of nitrogens with zero attached hydrogens (tertiary/aromatic N) is 3. The van der Waals surface area contributed by atoms with Gasteiger partial charge in [-0.2, -0.15) is 0 Å². The number of hydrogen-bond acceptors (Lipinski definition) is 6. The Hall–Kier alpha value is -3.35. The monoisotopic (exact) mass is 420 g/mol. The molecule has 0 radical (unpaired) electrons. The number of aromatic nitrogens is 2. The Morgan fingerprint density at radius 1 is 1.26 bits per heavy atom. The minimum Gasteiger partial charge on any atom is -0.507 e. The number of anilines is 1. The molecule has 162 valence electrons. The summed E-state index contributed by atoms with van der Waals surface area (Å²) in [5, 5.41) is 14.3. The molecule has 1 saturated heterocycles. The third kappa shape index (κ3) is 4.55. The Morgan fingerprint density at radius 3 is 2.84 bits per heavy atom. The topological polar surface area (TPSA) is 87.6 Å². The van der Waals surface area contributed by atoms with E-state index in [0.29, 0.717) is 19.1 Å². The van der Waals surface area contributed by atoms with Crippen molar-refractivity contribution >= 4 is 22.8 Å². The van der Waals surface area contributed by atoms with E-state index in [1.54, 1.807) is 12.4 Å². The van der Waals surface area contributed by atoms with Gasteiger partial charge in [0.05, 0.1) is 23.6 Å². The molecular formula is C24H28N4O3. The predicted molar refractivity (Wildman–Crippen MR) is 121 cm³/mol. The molecule has 31 heavy (non-hydrogen) atoms. The molecule has 7 heteroatoms. The van der Waals surface area contributed by atoms with Crippen molar-refractivity contribution in [2.45, 2.75) is 33.2 Å². The normalized spacial score (nSPS) is 16.1. The zero-order valence-corrected chi connectivity index (χ0v) is 18.1. The third-order valence-electron chi connectivity index (χ3n) is 5.41. The molecule has 2 aromatic carbocycles. The van der Waals surface area contributed by atoms with Gasteiger partial charge in [-0.15, -0.1) is 0 Å². The smallest absolute Gasteiger partial charge is 0.407 e. The van der Waals surface area contributed by atoms with Gasteiger partial charge in [0.2, 0.25) is 0 Å². The standard InChI is InChI=1S/C24H28N4O3/c1-15(2)13-31-24(30)27-17-8-9-28(12-17)23-22-19(18-6-4-5-7-21(18)29)10-16(3)11-20(22)25-14-26-23/h4-7,10-11,14-15,17,29H,8-9,12-13H2,1-3H3,(H,27,30)/t17-/m1/s1. The fourth-order valence-electron chi connectivity index (χ4n) is 3.99. The van der Waals surface area contributed by atoms with Gasteiger partial charge in [0, 0.05) is 18.7 Å². The number of para-hydroxylation sites is 1. The van der Waals surface area contributed by atoms with Crippen molar-refractivity contribution in [2.75, 3.05) is 24.6 Å². The number of aryl methyl sites for hydroxylation is 1. The number of carbonyl (C=O) groups excluding carboxylic acids is 1. The van der Waals surface area contributed by atoms with Crippen molar-refractivity contribution in [3.05, 3.63) is 48.3 Å². The van der Waals surface area contributed by atoms with Crippen LogP contribution >= 0.6 is 0 Å². The molecule has 0 bridgehead atoms. The second kappa shape index (κ2) is 8.79. The van der Waals surface area contributed by atoms with E-state index in [-0.39, 0.29) is 17.9 Å². The molecule has 0 aliphatic carbocycles. The summed E-state index contributed by atoms with van der Waals surface area (Å²) in [4.78, 5) is 23.3. The maximum absolute atomic E-state index is 12.1. The summed E-state index contributed by atoms with van der Waals surface area (Å²) >= 11 is 0. The molecule has 7 nitrogen and oxygen atoms in total. The number of fused-ring (bicyclic) bond motifs is 1. The molecule has 1 aromatic heterocycles. The maximum atomic E-state index is 12.1. The van der Waals surface area contributed by atoms with Crippen molar-refractivity contribution in [1.29, 1.82) is 0 Å². The number of carbonyl (C=O) groups is 1. The van der Waals surface area contributed by atoms with Crippen LogP contribution in [0, 0.1) is 12.8 Å². The van der Waals surface area contributed by atoms with Gasteiger partial charge in [-0.3, -0.25) is 0 Å². The fraction of sp³-hybridized carbons (Fsp3) is 0.375. The number of phenolic OH excluding ortho intramolecular Hbond substituents is 1.